The van der Waals surface area contributed by atoms with Crippen LogP contribution in [0.3, 0.4) is 0 Å². The number of nitrogens with zero attached hydrogens (tertiary/aromatic N) is 1. The van der Waals surface area contributed by atoms with Gasteiger partial charge in [0, 0.05) is 12.0 Å². The fraction of sp³-hybridized carbons (Fsp3) is 0.133. The highest BCUT2D eigenvalue weighted by atomic mass is 32.3. The normalized spacial score (nSPS) is 17.5. The molecule has 1 aliphatic carbocycles. The largest absolute Gasteiger partial charge is 0.292 e. The number of allylic oxidation sites excluding steroid dienone is 4. The van der Waals surface area contributed by atoms with Crippen molar-refractivity contribution in [3.05, 3.63) is 65.8 Å². The summed E-state index contributed by atoms with van der Waals surface area (Å²) in [5.41, 5.74) is 0.261. The highest BCUT2D eigenvalue weighted by Gasteiger charge is 2.56. The second-order valence-electron chi connectivity index (χ2n) is 5.06. The minimum absolute atomic E-state index is 0.119. The Labute approximate surface area is 150 Å². The molecule has 25 heavy (non-hydrogen) atoms. The lowest BCUT2D eigenvalue weighted by atomic mass is 10.0. The van der Waals surface area contributed by atoms with Crippen LogP contribution in [0.1, 0.15) is 12.0 Å². The molecule has 2 N–H and O–H groups in total. The van der Waals surface area contributed by atoms with E-state index in [0.29, 0.717) is 5.56 Å². The van der Waals surface area contributed by atoms with E-state index in [-0.39, 0.29) is 11.3 Å². The minimum Gasteiger partial charge on any atom is -0.284 e. The molecule has 0 atom stereocenters. The van der Waals surface area contributed by atoms with Crippen molar-refractivity contribution in [3.8, 4) is 0 Å². The van der Waals surface area contributed by atoms with Crippen LogP contribution in [0.4, 0.5) is 0 Å². The molecule has 0 bridgehead atoms. The van der Waals surface area contributed by atoms with E-state index in [1.807, 2.05) is 0 Å². The molecule has 0 saturated heterocycles. The first kappa shape index (κ1) is 19.4. The van der Waals surface area contributed by atoms with Crippen LogP contribution < -0.4 is 0 Å². The molecule has 1 aliphatic rings. The zero-order valence-electron chi connectivity index (χ0n) is 12.6. The Morgan fingerprint density at radius 2 is 1.76 bits per heavy atom. The van der Waals surface area contributed by atoms with E-state index in [1.54, 1.807) is 30.3 Å². The van der Waals surface area contributed by atoms with Crippen molar-refractivity contribution in [3.63, 3.8) is 0 Å². The highest BCUT2D eigenvalue weighted by molar-refractivity contribution is 8.05. The first-order chi connectivity index (χ1) is 11.6. The molecule has 0 aliphatic heterocycles. The van der Waals surface area contributed by atoms with E-state index >= 15 is 0 Å². The Bertz CT molecular complexity index is 982. The van der Waals surface area contributed by atoms with Gasteiger partial charge in [-0.1, -0.05) is 48.6 Å². The molecular weight excluding hydrogens is 386 g/mol. The Kier molecular flexibility index (Phi) is 5.52. The molecule has 1 aromatic rings. The van der Waals surface area contributed by atoms with E-state index in [1.165, 1.54) is 12.2 Å². The maximum Gasteiger partial charge on any atom is 0.292 e. The Hall–Kier alpha value is -1.94. The molecule has 132 valence electrons. The van der Waals surface area contributed by atoms with Gasteiger partial charge in [-0.25, -0.2) is 0 Å². The van der Waals surface area contributed by atoms with E-state index in [4.69, 9.17) is 0 Å². The summed E-state index contributed by atoms with van der Waals surface area (Å²) in [6, 6.07) is 8.41. The lowest BCUT2D eigenvalue weighted by molar-refractivity contribution is 0.434. The van der Waals surface area contributed by atoms with Gasteiger partial charge in [-0.05, 0) is 23.9 Å². The highest BCUT2D eigenvalue weighted by Crippen LogP contribution is 2.40. The van der Waals surface area contributed by atoms with Gasteiger partial charge in [-0.15, -0.1) is 0 Å². The van der Waals surface area contributed by atoms with Gasteiger partial charge in [0.2, 0.25) is 0 Å². The summed E-state index contributed by atoms with van der Waals surface area (Å²) >= 11 is 4.57. The van der Waals surface area contributed by atoms with Crippen LogP contribution >= 0.6 is 12.2 Å². The fourth-order valence-electron chi connectivity index (χ4n) is 2.42. The molecular formula is C15H13NO6S3. The van der Waals surface area contributed by atoms with Gasteiger partial charge < -0.3 is 0 Å². The van der Waals surface area contributed by atoms with E-state index in [9.17, 15) is 25.9 Å². The number of aliphatic imine (C=N–C) groups is 1. The van der Waals surface area contributed by atoms with E-state index in [0.717, 1.165) is 12.2 Å². The summed E-state index contributed by atoms with van der Waals surface area (Å²) in [4.78, 5) is 3.83. The fourth-order valence-corrected chi connectivity index (χ4v) is 5.05. The van der Waals surface area contributed by atoms with Gasteiger partial charge in [0.1, 0.15) is 0 Å². The zero-order chi connectivity index (χ0) is 18.7. The van der Waals surface area contributed by atoms with Crippen LogP contribution in [0.2, 0.25) is 0 Å². The molecule has 0 fully saturated rings. The molecule has 2 rings (SSSR count). The maximum absolute atomic E-state index is 11.9. The van der Waals surface area contributed by atoms with Gasteiger partial charge in [-0.3, -0.25) is 9.11 Å². The lowest BCUT2D eigenvalue weighted by Crippen LogP contribution is -2.47. The summed E-state index contributed by atoms with van der Waals surface area (Å²) in [7, 11) is -10.5. The van der Waals surface area contributed by atoms with E-state index < -0.39 is 30.7 Å². The van der Waals surface area contributed by atoms with Crippen molar-refractivity contribution in [2.75, 3.05) is 0 Å². The van der Waals surface area contributed by atoms with E-state index in [2.05, 4.69) is 22.4 Å². The molecule has 0 saturated carbocycles. The number of isothiocyanates is 1. The Morgan fingerprint density at radius 3 is 2.28 bits per heavy atom. The second kappa shape index (κ2) is 7.12. The Morgan fingerprint density at radius 1 is 1.16 bits per heavy atom. The third-order valence-corrected chi connectivity index (χ3v) is 7.43. The number of rotatable bonds is 5. The first-order valence-electron chi connectivity index (χ1n) is 6.80. The van der Waals surface area contributed by atoms with Crippen molar-refractivity contribution in [2.45, 2.75) is 10.5 Å². The van der Waals surface area contributed by atoms with Gasteiger partial charge >= 0.3 is 0 Å². The van der Waals surface area contributed by atoms with Crippen LogP contribution in [-0.4, -0.2) is 35.2 Å². The van der Waals surface area contributed by atoms with Crippen molar-refractivity contribution in [1.82, 2.24) is 0 Å². The van der Waals surface area contributed by atoms with Gasteiger partial charge in [0.05, 0.1) is 10.9 Å². The third-order valence-electron chi connectivity index (χ3n) is 3.60. The lowest BCUT2D eigenvalue weighted by Gasteiger charge is -2.29. The molecule has 1 aromatic carbocycles. The Balaban J connectivity index is 2.79. The third kappa shape index (κ3) is 3.69. The van der Waals surface area contributed by atoms with Crippen LogP contribution in [-0.2, 0) is 20.2 Å². The SMILES string of the molecule is O=S(=O)(O)C1(S(=O)(=O)O)CC=CC=C1C=C(N=C=S)c1ccccc1. The molecule has 0 radical (unpaired) electrons. The summed E-state index contributed by atoms with van der Waals surface area (Å²) in [6.07, 6.45) is 4.25. The van der Waals surface area contributed by atoms with Crippen molar-refractivity contribution in [1.29, 1.82) is 0 Å². The number of benzene rings is 1. The number of hydrogen-bond donors (Lipinski definition) is 2. The van der Waals surface area contributed by atoms with Crippen molar-refractivity contribution >= 4 is 43.3 Å². The molecule has 0 spiro atoms. The average molecular weight is 399 g/mol. The van der Waals surface area contributed by atoms with Gasteiger partial charge in [0.25, 0.3) is 24.3 Å². The molecule has 0 aromatic heterocycles. The second-order valence-corrected chi connectivity index (χ2v) is 8.79. The zero-order valence-corrected chi connectivity index (χ0v) is 15.1. The van der Waals surface area contributed by atoms with Gasteiger partial charge in [0.15, 0.2) is 0 Å². The van der Waals surface area contributed by atoms with Crippen molar-refractivity contribution in [2.24, 2.45) is 4.99 Å². The molecule has 7 nitrogen and oxygen atoms in total. The summed E-state index contributed by atoms with van der Waals surface area (Å²) in [6.45, 7) is 0. The quantitative estimate of drug-likeness (QED) is 0.443. The molecule has 0 amide bonds. The smallest absolute Gasteiger partial charge is 0.284 e. The number of thiocarbonyl (C=S) groups is 1. The van der Waals surface area contributed by atoms with Crippen LogP contribution in [0.15, 0.2) is 65.2 Å². The van der Waals surface area contributed by atoms with Gasteiger partial charge in [-0.2, -0.15) is 21.8 Å². The summed E-state index contributed by atoms with van der Waals surface area (Å²) in [5.74, 6) is 0. The van der Waals surface area contributed by atoms with Crippen molar-refractivity contribution < 1.29 is 25.9 Å². The van der Waals surface area contributed by atoms with Crippen LogP contribution in [0, 0.1) is 0 Å². The van der Waals surface area contributed by atoms with Crippen LogP contribution in [0.5, 0.6) is 0 Å². The molecule has 0 unspecified atom stereocenters. The predicted molar refractivity (Wildman–Crippen MR) is 97.1 cm³/mol. The topological polar surface area (TPSA) is 121 Å². The van der Waals surface area contributed by atoms with Crippen LogP contribution in [0.25, 0.3) is 5.70 Å². The summed E-state index contributed by atoms with van der Waals surface area (Å²) < 4.78 is 63.8. The summed E-state index contributed by atoms with van der Waals surface area (Å²) in [5, 5.41) is 2.13. The maximum atomic E-state index is 11.9. The predicted octanol–water partition coefficient (Wildman–Crippen LogP) is 2.49. The minimum atomic E-state index is -5.23. The standard InChI is InChI=1S/C15H13NO6S3/c17-24(18,19)15(25(20,21)22)9-5-4-8-13(15)10-14(16-11-23)12-6-2-1-3-7-12/h1-8,10H,9H2,(H,17,18,19)(H,20,21,22). The monoisotopic (exact) mass is 399 g/mol. The first-order valence-corrected chi connectivity index (χ1v) is 10.1. The molecule has 10 heteroatoms. The number of hydrogen-bond acceptors (Lipinski definition) is 6. The average Bonchev–Trinajstić information content (AvgIpc) is 2.53. The molecule has 0 heterocycles.